The maximum absolute atomic E-state index is 13.5. The molecule has 0 radical (unpaired) electrons. The monoisotopic (exact) mass is 376 g/mol. The molecule has 0 unspecified atom stereocenters. The van der Waals surface area contributed by atoms with Gasteiger partial charge in [-0.05, 0) is 46.3 Å². The molecule has 0 aliphatic rings. The minimum atomic E-state index is -0.366. The van der Waals surface area contributed by atoms with Gasteiger partial charge in [0.1, 0.15) is 23.1 Å². The Bertz CT molecular complexity index is 573. The number of benzene rings is 2. The predicted octanol–water partition coefficient (Wildman–Crippen LogP) is 5.41. The Kier molecular flexibility index (Phi) is 4.35. The molecule has 0 N–H and O–H groups in total. The summed E-state index contributed by atoms with van der Waals surface area (Å²) in [5.41, 5.74) is 0.425. The minimum Gasteiger partial charge on any atom is -0.456 e. The number of hydrogen-bond donors (Lipinski definition) is 0. The fourth-order valence-corrected chi connectivity index (χ4v) is 2.42. The topological polar surface area (TPSA) is 9.23 Å². The van der Waals surface area contributed by atoms with Crippen LogP contribution >= 0.6 is 31.9 Å². The van der Waals surface area contributed by atoms with Gasteiger partial charge in [0.2, 0.25) is 0 Å². The van der Waals surface area contributed by atoms with Crippen LogP contribution in [0.2, 0.25) is 0 Å². The van der Waals surface area contributed by atoms with Crippen molar-refractivity contribution in [1.82, 2.24) is 0 Å². The van der Waals surface area contributed by atoms with Gasteiger partial charge in [-0.1, -0.05) is 22.0 Å². The third kappa shape index (κ3) is 2.90. The third-order valence-electron chi connectivity index (χ3n) is 2.32. The zero-order valence-corrected chi connectivity index (χ0v) is 12.3. The highest BCUT2D eigenvalue weighted by atomic mass is 79.9. The summed E-state index contributed by atoms with van der Waals surface area (Å²) >= 11 is 6.41. The lowest BCUT2D eigenvalue weighted by Crippen LogP contribution is -1.93. The molecule has 2 rings (SSSR count). The summed E-state index contributed by atoms with van der Waals surface area (Å²) in [5.74, 6) is 0.125. The Labute approximate surface area is 120 Å². The van der Waals surface area contributed by atoms with E-state index in [0.717, 1.165) is 0 Å². The summed E-state index contributed by atoms with van der Waals surface area (Å²) in [4.78, 5) is 0. The number of halogens is 4. The second-order valence-electron chi connectivity index (χ2n) is 3.53. The molecule has 0 amide bonds. The molecule has 0 heterocycles. The highest BCUT2D eigenvalue weighted by Gasteiger charge is 2.11. The summed E-state index contributed by atoms with van der Waals surface area (Å²) in [7, 11) is 0. The minimum absolute atomic E-state index is 0.341. The van der Waals surface area contributed by atoms with Gasteiger partial charge in [0.15, 0.2) is 0 Å². The van der Waals surface area contributed by atoms with E-state index in [9.17, 15) is 8.78 Å². The van der Waals surface area contributed by atoms with Crippen molar-refractivity contribution in [3.63, 3.8) is 0 Å². The van der Waals surface area contributed by atoms with Crippen molar-refractivity contribution >= 4 is 31.9 Å². The lowest BCUT2D eigenvalue weighted by atomic mass is 10.2. The Morgan fingerprint density at radius 3 is 2.50 bits per heavy atom. The van der Waals surface area contributed by atoms with E-state index >= 15 is 0 Å². The summed E-state index contributed by atoms with van der Waals surface area (Å²) in [6, 6.07) is 8.66. The maximum Gasteiger partial charge on any atom is 0.141 e. The van der Waals surface area contributed by atoms with Crippen molar-refractivity contribution in [2.75, 3.05) is 0 Å². The third-order valence-corrected chi connectivity index (χ3v) is 3.50. The van der Waals surface area contributed by atoms with E-state index in [1.54, 1.807) is 12.1 Å². The van der Waals surface area contributed by atoms with Gasteiger partial charge < -0.3 is 4.74 Å². The summed E-state index contributed by atoms with van der Waals surface area (Å²) < 4.78 is 32.5. The molecule has 0 aliphatic carbocycles. The van der Waals surface area contributed by atoms with Gasteiger partial charge in [0.05, 0.1) is 4.47 Å². The molecule has 18 heavy (non-hydrogen) atoms. The summed E-state index contributed by atoms with van der Waals surface area (Å²) in [5, 5.41) is 0.341. The van der Waals surface area contributed by atoms with Crippen molar-refractivity contribution in [1.29, 1.82) is 0 Å². The second-order valence-corrected chi connectivity index (χ2v) is 4.94. The van der Waals surface area contributed by atoms with Crippen molar-refractivity contribution in [2.45, 2.75) is 5.33 Å². The fraction of sp³-hybridized carbons (Fsp3) is 0.0769. The van der Waals surface area contributed by atoms with Crippen LogP contribution in [0.3, 0.4) is 0 Å². The largest absolute Gasteiger partial charge is 0.456 e. The highest BCUT2D eigenvalue weighted by molar-refractivity contribution is 9.10. The molecule has 94 valence electrons. The van der Waals surface area contributed by atoms with Gasteiger partial charge in [-0.25, -0.2) is 8.78 Å². The Morgan fingerprint density at radius 1 is 1.06 bits per heavy atom. The van der Waals surface area contributed by atoms with E-state index in [1.807, 2.05) is 0 Å². The van der Waals surface area contributed by atoms with Crippen molar-refractivity contribution in [2.24, 2.45) is 0 Å². The van der Waals surface area contributed by atoms with Gasteiger partial charge in [0, 0.05) is 10.9 Å². The predicted molar refractivity (Wildman–Crippen MR) is 73.2 cm³/mol. The first-order valence-electron chi connectivity index (χ1n) is 5.08. The summed E-state index contributed by atoms with van der Waals surface area (Å²) in [6.07, 6.45) is 0. The molecule has 0 aromatic heterocycles. The molecule has 0 bridgehead atoms. The average molecular weight is 378 g/mol. The van der Waals surface area contributed by atoms with Crippen molar-refractivity contribution in [3.05, 3.63) is 58.1 Å². The van der Waals surface area contributed by atoms with E-state index in [0.29, 0.717) is 26.9 Å². The van der Waals surface area contributed by atoms with Crippen LogP contribution in [0, 0.1) is 11.6 Å². The second kappa shape index (κ2) is 5.80. The highest BCUT2D eigenvalue weighted by Crippen LogP contribution is 2.33. The van der Waals surface area contributed by atoms with Gasteiger partial charge in [-0.2, -0.15) is 0 Å². The molecule has 1 nitrogen and oxygen atoms in total. The molecular formula is C13H8Br2F2O. The molecule has 5 heteroatoms. The van der Waals surface area contributed by atoms with Crippen LogP contribution in [-0.2, 0) is 5.33 Å². The number of rotatable bonds is 3. The number of alkyl halides is 1. The van der Waals surface area contributed by atoms with Crippen LogP contribution in [0.5, 0.6) is 11.5 Å². The van der Waals surface area contributed by atoms with Crippen LogP contribution in [0.1, 0.15) is 5.56 Å². The zero-order valence-electron chi connectivity index (χ0n) is 9.09. The van der Waals surface area contributed by atoms with E-state index in [2.05, 4.69) is 31.9 Å². The van der Waals surface area contributed by atoms with Crippen LogP contribution in [-0.4, -0.2) is 0 Å². The SMILES string of the molecule is Fc1ccc(Oc2cccc(F)c2CBr)c(Br)c1. The molecule has 0 spiro atoms. The smallest absolute Gasteiger partial charge is 0.141 e. The molecule has 0 aliphatic heterocycles. The molecule has 0 atom stereocenters. The van der Waals surface area contributed by atoms with Crippen LogP contribution in [0.25, 0.3) is 0 Å². The van der Waals surface area contributed by atoms with Crippen LogP contribution in [0.15, 0.2) is 40.9 Å². The first-order chi connectivity index (χ1) is 8.61. The molecule has 2 aromatic carbocycles. The van der Waals surface area contributed by atoms with E-state index in [1.165, 1.54) is 24.3 Å². The van der Waals surface area contributed by atoms with Crippen LogP contribution in [0.4, 0.5) is 8.78 Å². The normalized spacial score (nSPS) is 10.4. The number of hydrogen-bond acceptors (Lipinski definition) is 1. The summed E-state index contributed by atoms with van der Waals surface area (Å²) in [6.45, 7) is 0. The van der Waals surface area contributed by atoms with Gasteiger partial charge >= 0.3 is 0 Å². The Balaban J connectivity index is 2.37. The zero-order chi connectivity index (χ0) is 13.1. The molecular weight excluding hydrogens is 370 g/mol. The average Bonchev–Trinajstić information content (AvgIpc) is 2.33. The van der Waals surface area contributed by atoms with Crippen molar-refractivity contribution in [3.8, 4) is 11.5 Å². The molecule has 0 saturated heterocycles. The lowest BCUT2D eigenvalue weighted by Gasteiger charge is -2.11. The molecule has 2 aromatic rings. The molecule has 0 saturated carbocycles. The van der Waals surface area contributed by atoms with Crippen LogP contribution < -0.4 is 4.74 Å². The first-order valence-corrected chi connectivity index (χ1v) is 6.99. The van der Waals surface area contributed by atoms with Crippen molar-refractivity contribution < 1.29 is 13.5 Å². The van der Waals surface area contributed by atoms with E-state index in [-0.39, 0.29) is 11.6 Å². The first kappa shape index (κ1) is 13.5. The maximum atomic E-state index is 13.5. The molecule has 0 fully saturated rings. The van der Waals surface area contributed by atoms with Gasteiger partial charge in [0.25, 0.3) is 0 Å². The standard InChI is InChI=1S/C13H8Br2F2O/c14-7-9-11(17)2-1-3-12(9)18-13-5-4-8(16)6-10(13)15/h1-6H,7H2. The van der Waals surface area contributed by atoms with Gasteiger partial charge in [-0.15, -0.1) is 0 Å². The quantitative estimate of drug-likeness (QED) is 0.649. The van der Waals surface area contributed by atoms with E-state index < -0.39 is 0 Å². The number of ether oxygens (including phenoxy) is 1. The fourth-order valence-electron chi connectivity index (χ4n) is 1.44. The Morgan fingerprint density at radius 2 is 1.83 bits per heavy atom. The van der Waals surface area contributed by atoms with E-state index in [4.69, 9.17) is 4.74 Å². The Hall–Kier alpha value is -0.940. The van der Waals surface area contributed by atoms with Gasteiger partial charge in [-0.3, -0.25) is 0 Å². The lowest BCUT2D eigenvalue weighted by molar-refractivity contribution is 0.466.